The Morgan fingerprint density at radius 1 is 1.08 bits per heavy atom. The van der Waals surface area contributed by atoms with Crippen molar-refractivity contribution in [1.82, 2.24) is 15.0 Å². The Kier molecular flexibility index (Phi) is 3.92. The number of para-hydroxylation sites is 1. The summed E-state index contributed by atoms with van der Waals surface area (Å²) in [6, 6.07) is 6.08. The van der Waals surface area contributed by atoms with Crippen LogP contribution in [0.4, 0.5) is 17.6 Å². The van der Waals surface area contributed by atoms with Gasteiger partial charge in [0.25, 0.3) is 0 Å². The summed E-state index contributed by atoms with van der Waals surface area (Å²) in [7, 11) is 0. The molecule has 0 spiro atoms. The first-order valence-corrected chi connectivity index (χ1v) is 6.81. The molecule has 0 fully saturated rings. The van der Waals surface area contributed by atoms with Gasteiger partial charge in [0.1, 0.15) is 16.8 Å². The van der Waals surface area contributed by atoms with E-state index >= 15 is 0 Å². The number of hydrogen-bond donors (Lipinski definition) is 0. The number of carbonyl (C=O) groups is 1. The lowest BCUT2D eigenvalue weighted by atomic mass is 10.1. The maximum absolute atomic E-state index is 14.3. The number of ether oxygens (including phenoxy) is 1. The Labute approximate surface area is 132 Å². The third kappa shape index (κ3) is 2.29. The molecule has 3 aromatic rings. The van der Waals surface area contributed by atoms with Gasteiger partial charge in [-0.1, -0.05) is 17.3 Å². The molecule has 0 aliphatic rings. The van der Waals surface area contributed by atoms with Gasteiger partial charge in [-0.3, -0.25) is 0 Å². The van der Waals surface area contributed by atoms with Crippen LogP contribution in [-0.2, 0) is 4.74 Å². The van der Waals surface area contributed by atoms with Crippen LogP contribution >= 0.6 is 0 Å². The highest BCUT2D eigenvalue weighted by Crippen LogP contribution is 2.29. The van der Waals surface area contributed by atoms with Crippen LogP contribution in [0.15, 0.2) is 24.3 Å². The number of aromatic nitrogens is 3. The van der Waals surface area contributed by atoms with Crippen molar-refractivity contribution in [3.8, 4) is 5.69 Å². The minimum absolute atomic E-state index is 0.137. The van der Waals surface area contributed by atoms with Gasteiger partial charge in [-0.25, -0.2) is 27.0 Å². The van der Waals surface area contributed by atoms with Crippen molar-refractivity contribution in [2.75, 3.05) is 6.61 Å². The summed E-state index contributed by atoms with van der Waals surface area (Å²) in [6.07, 6.45) is 0. The average molecular weight is 339 g/mol. The highest BCUT2D eigenvalue weighted by Gasteiger charge is 2.32. The molecule has 0 N–H and O–H groups in total. The van der Waals surface area contributed by atoms with Gasteiger partial charge in [-0.05, 0) is 19.1 Å². The molecule has 0 aliphatic carbocycles. The second kappa shape index (κ2) is 5.91. The van der Waals surface area contributed by atoms with Crippen molar-refractivity contribution in [2.24, 2.45) is 0 Å². The van der Waals surface area contributed by atoms with E-state index in [-0.39, 0.29) is 17.6 Å². The maximum atomic E-state index is 14.3. The molecule has 1 aromatic heterocycles. The molecule has 5 nitrogen and oxygen atoms in total. The van der Waals surface area contributed by atoms with Crippen LogP contribution in [0, 0.1) is 23.3 Å². The number of rotatable bonds is 3. The number of esters is 1. The van der Waals surface area contributed by atoms with E-state index in [4.69, 9.17) is 0 Å². The van der Waals surface area contributed by atoms with E-state index in [0.29, 0.717) is 4.68 Å². The molecule has 1 heterocycles. The predicted octanol–water partition coefficient (Wildman–Crippen LogP) is 3.15. The second-order valence-electron chi connectivity index (χ2n) is 4.69. The van der Waals surface area contributed by atoms with Gasteiger partial charge in [0.2, 0.25) is 0 Å². The summed E-state index contributed by atoms with van der Waals surface area (Å²) in [5.41, 5.74) is -2.13. The fourth-order valence-corrected chi connectivity index (χ4v) is 2.22. The average Bonchev–Trinajstić information content (AvgIpc) is 2.98. The first kappa shape index (κ1) is 15.9. The standard InChI is InChI=1S/C15H9F4N3O2/c1-2-24-15(23)9-10(16)12(18)14(13(19)11(9)17)22-8-6-4-3-5-7(8)20-21-22/h3-6H,2H2,1H3. The molecule has 24 heavy (non-hydrogen) atoms. The monoisotopic (exact) mass is 339 g/mol. The number of fused-ring (bicyclic) bond motifs is 1. The number of carbonyl (C=O) groups excluding carboxylic acids is 1. The van der Waals surface area contributed by atoms with Crippen LogP contribution in [0.1, 0.15) is 17.3 Å². The smallest absolute Gasteiger partial charge is 0.344 e. The molecule has 0 atom stereocenters. The first-order chi connectivity index (χ1) is 11.5. The van der Waals surface area contributed by atoms with Gasteiger partial charge >= 0.3 is 5.97 Å². The predicted molar refractivity (Wildman–Crippen MR) is 74.7 cm³/mol. The molecule has 3 rings (SSSR count). The van der Waals surface area contributed by atoms with Gasteiger partial charge in [-0.15, -0.1) is 5.10 Å². The van der Waals surface area contributed by atoms with E-state index in [1.54, 1.807) is 6.07 Å². The van der Waals surface area contributed by atoms with Crippen LogP contribution in [0.5, 0.6) is 0 Å². The van der Waals surface area contributed by atoms with Crippen LogP contribution in [-0.4, -0.2) is 27.6 Å². The SMILES string of the molecule is CCOC(=O)c1c(F)c(F)c(-n2nnc3ccccc32)c(F)c1F. The van der Waals surface area contributed by atoms with E-state index < -0.39 is 40.5 Å². The first-order valence-electron chi connectivity index (χ1n) is 6.81. The maximum Gasteiger partial charge on any atom is 0.344 e. The van der Waals surface area contributed by atoms with Crippen molar-refractivity contribution in [1.29, 1.82) is 0 Å². The lowest BCUT2D eigenvalue weighted by molar-refractivity contribution is 0.0512. The summed E-state index contributed by atoms with van der Waals surface area (Å²) in [4.78, 5) is 11.5. The Balaban J connectivity index is 2.29. The minimum Gasteiger partial charge on any atom is -0.462 e. The van der Waals surface area contributed by atoms with E-state index in [1.165, 1.54) is 25.1 Å². The lowest BCUT2D eigenvalue weighted by Gasteiger charge is -2.11. The zero-order chi connectivity index (χ0) is 17.4. The Hall–Kier alpha value is -2.97. The molecule has 0 saturated carbocycles. The Morgan fingerprint density at radius 2 is 1.71 bits per heavy atom. The third-order valence-electron chi connectivity index (χ3n) is 3.28. The van der Waals surface area contributed by atoms with Crippen LogP contribution in [0.3, 0.4) is 0 Å². The van der Waals surface area contributed by atoms with E-state index in [2.05, 4.69) is 15.0 Å². The van der Waals surface area contributed by atoms with Gasteiger partial charge in [-0.2, -0.15) is 0 Å². The van der Waals surface area contributed by atoms with E-state index in [9.17, 15) is 22.4 Å². The minimum atomic E-state index is -1.86. The fraction of sp³-hybridized carbons (Fsp3) is 0.133. The summed E-state index contributed by atoms with van der Waals surface area (Å²) in [5.74, 6) is -8.76. The Bertz CT molecular complexity index is 926. The third-order valence-corrected chi connectivity index (χ3v) is 3.28. The fourth-order valence-electron chi connectivity index (χ4n) is 2.22. The van der Waals surface area contributed by atoms with Crippen LogP contribution < -0.4 is 0 Å². The number of halogens is 4. The van der Waals surface area contributed by atoms with Crippen LogP contribution in [0.25, 0.3) is 16.7 Å². The Morgan fingerprint density at radius 3 is 2.33 bits per heavy atom. The molecule has 2 aromatic carbocycles. The van der Waals surface area contributed by atoms with Gasteiger partial charge in [0.15, 0.2) is 23.3 Å². The van der Waals surface area contributed by atoms with E-state index in [0.717, 1.165) is 0 Å². The second-order valence-corrected chi connectivity index (χ2v) is 4.69. The number of nitrogens with zero attached hydrogens (tertiary/aromatic N) is 3. The molecule has 124 valence electrons. The molecule has 9 heteroatoms. The van der Waals surface area contributed by atoms with Crippen molar-refractivity contribution < 1.29 is 27.1 Å². The highest BCUT2D eigenvalue weighted by atomic mass is 19.2. The molecule has 0 radical (unpaired) electrons. The normalized spacial score (nSPS) is 11.0. The largest absolute Gasteiger partial charge is 0.462 e. The van der Waals surface area contributed by atoms with Crippen LogP contribution in [0.2, 0.25) is 0 Å². The van der Waals surface area contributed by atoms with Crippen molar-refractivity contribution in [2.45, 2.75) is 6.92 Å². The molecule has 0 bridgehead atoms. The van der Waals surface area contributed by atoms with Gasteiger partial charge in [0, 0.05) is 0 Å². The summed E-state index contributed by atoms with van der Waals surface area (Å²) >= 11 is 0. The lowest BCUT2D eigenvalue weighted by Crippen LogP contribution is -2.17. The van der Waals surface area contributed by atoms with Crippen molar-refractivity contribution >= 4 is 17.0 Å². The summed E-state index contributed by atoms with van der Waals surface area (Å²) in [6.45, 7) is 1.17. The van der Waals surface area contributed by atoms with Crippen molar-refractivity contribution in [3.05, 3.63) is 53.1 Å². The molecule has 0 amide bonds. The van der Waals surface area contributed by atoms with Crippen molar-refractivity contribution in [3.63, 3.8) is 0 Å². The zero-order valence-electron chi connectivity index (χ0n) is 12.2. The summed E-state index contributed by atoms with van der Waals surface area (Å²) in [5, 5.41) is 7.18. The molecule has 0 aliphatic heterocycles. The molecular weight excluding hydrogens is 330 g/mol. The molecule has 0 saturated heterocycles. The number of benzene rings is 2. The summed E-state index contributed by atoms with van der Waals surface area (Å²) < 4.78 is 61.9. The zero-order valence-corrected chi connectivity index (χ0v) is 12.2. The topological polar surface area (TPSA) is 57.0 Å². The van der Waals surface area contributed by atoms with Gasteiger partial charge in [0.05, 0.1) is 12.1 Å². The quantitative estimate of drug-likeness (QED) is 0.418. The van der Waals surface area contributed by atoms with Gasteiger partial charge < -0.3 is 4.74 Å². The van der Waals surface area contributed by atoms with E-state index in [1.807, 2.05) is 0 Å². The molecule has 0 unspecified atom stereocenters. The molecular formula is C15H9F4N3O2. The highest BCUT2D eigenvalue weighted by molar-refractivity contribution is 5.90. The number of hydrogen-bond acceptors (Lipinski definition) is 4.